The third kappa shape index (κ3) is 6.17. The van der Waals surface area contributed by atoms with Crippen molar-refractivity contribution in [3.8, 4) is 11.8 Å². The summed E-state index contributed by atoms with van der Waals surface area (Å²) in [5.41, 5.74) is 3.69. The topological polar surface area (TPSA) is 91.2 Å². The highest BCUT2D eigenvalue weighted by Gasteiger charge is 2.26. The Bertz CT molecular complexity index is 1530. The highest BCUT2D eigenvalue weighted by atomic mass is 32.2. The summed E-state index contributed by atoms with van der Waals surface area (Å²) in [5.74, 6) is 0.261. The van der Waals surface area contributed by atoms with Crippen molar-refractivity contribution in [1.29, 1.82) is 5.26 Å². The summed E-state index contributed by atoms with van der Waals surface area (Å²) in [6, 6.07) is 26.3. The normalized spacial score (nSPS) is 13.0. The maximum atomic E-state index is 13.7. The number of ether oxygens (including phenoxy) is 1. The predicted molar refractivity (Wildman–Crippen MR) is 157 cm³/mol. The second-order valence-electron chi connectivity index (χ2n) is 9.14. The van der Waals surface area contributed by atoms with Gasteiger partial charge in [-0.1, -0.05) is 36.4 Å². The molecule has 0 bridgehead atoms. The van der Waals surface area contributed by atoms with E-state index in [-0.39, 0.29) is 11.8 Å². The van der Waals surface area contributed by atoms with Gasteiger partial charge in [-0.25, -0.2) is 0 Å². The number of fused-ring (bicyclic) bond motifs is 1. The molecule has 6 nitrogen and oxygen atoms in total. The lowest BCUT2D eigenvalue weighted by Gasteiger charge is -2.17. The molecule has 0 saturated heterocycles. The van der Waals surface area contributed by atoms with Gasteiger partial charge in [-0.15, -0.1) is 23.1 Å². The molecule has 196 valence electrons. The molecule has 0 radical (unpaired) electrons. The molecule has 1 atom stereocenters. The fraction of sp³-hybridized carbons (Fsp3) is 0.194. The number of hydrogen-bond acceptors (Lipinski definition) is 6. The van der Waals surface area contributed by atoms with Crippen molar-refractivity contribution in [1.82, 2.24) is 0 Å². The highest BCUT2D eigenvalue weighted by Crippen LogP contribution is 2.41. The molecule has 39 heavy (non-hydrogen) atoms. The van der Waals surface area contributed by atoms with E-state index < -0.39 is 5.25 Å². The predicted octanol–water partition coefficient (Wildman–Crippen LogP) is 7.23. The van der Waals surface area contributed by atoms with Gasteiger partial charge in [-0.3, -0.25) is 9.59 Å². The number of hydrogen-bond donors (Lipinski definition) is 2. The zero-order valence-electron chi connectivity index (χ0n) is 21.4. The van der Waals surface area contributed by atoms with Crippen LogP contribution in [-0.4, -0.2) is 18.9 Å². The Kier molecular flexibility index (Phi) is 8.30. The summed E-state index contributed by atoms with van der Waals surface area (Å²) in [5, 5.41) is 15.9. The first kappa shape index (κ1) is 26.5. The summed E-state index contributed by atoms with van der Waals surface area (Å²) in [4.78, 5) is 28.5. The van der Waals surface area contributed by atoms with Crippen molar-refractivity contribution in [3.05, 3.63) is 106 Å². The molecule has 0 saturated carbocycles. The third-order valence-electron chi connectivity index (χ3n) is 6.56. The molecule has 1 unspecified atom stereocenters. The minimum atomic E-state index is -0.551. The quantitative estimate of drug-likeness (QED) is 0.225. The summed E-state index contributed by atoms with van der Waals surface area (Å²) in [7, 11) is 1.58. The number of nitrogens with one attached hydrogen (secondary N) is 2. The second kappa shape index (κ2) is 12.2. The largest absolute Gasteiger partial charge is 0.497 e. The molecule has 5 rings (SSSR count). The van der Waals surface area contributed by atoms with Gasteiger partial charge in [0.05, 0.1) is 12.7 Å². The molecule has 0 spiro atoms. The average Bonchev–Trinajstić information content (AvgIpc) is 3.33. The van der Waals surface area contributed by atoms with Gasteiger partial charge in [-0.05, 0) is 79.3 Å². The van der Waals surface area contributed by atoms with E-state index >= 15 is 0 Å². The first-order chi connectivity index (χ1) is 19.1. The number of thiophene rings is 1. The number of amides is 2. The van der Waals surface area contributed by atoms with E-state index in [1.54, 1.807) is 31.4 Å². The lowest BCUT2D eigenvalue weighted by atomic mass is 9.96. The SMILES string of the molecule is COc1ccc(C(=O)Nc2cccc(SC(C(=O)Nc3sc4c(c3C#N)CCCC4)c3ccccc3)c2)cc1. The van der Waals surface area contributed by atoms with Gasteiger partial charge in [0, 0.05) is 21.0 Å². The summed E-state index contributed by atoms with van der Waals surface area (Å²) in [6.45, 7) is 0. The fourth-order valence-corrected chi connectivity index (χ4v) is 6.91. The third-order valence-corrected chi connectivity index (χ3v) is 9.01. The van der Waals surface area contributed by atoms with E-state index in [1.807, 2.05) is 54.6 Å². The van der Waals surface area contributed by atoms with Crippen LogP contribution in [0.3, 0.4) is 0 Å². The summed E-state index contributed by atoms with van der Waals surface area (Å²) < 4.78 is 5.16. The zero-order chi connectivity index (χ0) is 27.2. The molecule has 2 N–H and O–H groups in total. The van der Waals surface area contributed by atoms with E-state index in [0.717, 1.165) is 41.7 Å². The van der Waals surface area contributed by atoms with Gasteiger partial charge in [0.25, 0.3) is 5.91 Å². The molecule has 8 heteroatoms. The standard InChI is InChI=1S/C31H27N3O3S2/c1-37-23-16-14-21(15-17-23)29(35)33-22-10-7-11-24(18-22)38-28(20-8-3-2-4-9-20)30(36)34-31-26(19-32)25-12-5-6-13-27(25)39-31/h2-4,7-11,14-18,28H,5-6,12-13H2,1H3,(H,33,35)(H,34,36). The first-order valence-electron chi connectivity index (χ1n) is 12.7. The van der Waals surface area contributed by atoms with Crippen LogP contribution in [0.1, 0.15) is 50.0 Å². The molecular formula is C31H27N3O3S2. The van der Waals surface area contributed by atoms with E-state index in [9.17, 15) is 14.9 Å². The van der Waals surface area contributed by atoms with Gasteiger partial charge in [0.15, 0.2) is 0 Å². The summed E-state index contributed by atoms with van der Waals surface area (Å²) >= 11 is 2.93. The van der Waals surface area contributed by atoms with Crippen LogP contribution in [0.15, 0.2) is 83.8 Å². The Morgan fingerprint density at radius 1 is 0.974 bits per heavy atom. The fourth-order valence-electron chi connectivity index (χ4n) is 4.58. The van der Waals surface area contributed by atoms with Crippen LogP contribution in [0, 0.1) is 11.3 Å². The van der Waals surface area contributed by atoms with E-state index in [1.165, 1.54) is 28.0 Å². The second-order valence-corrected chi connectivity index (χ2v) is 11.4. The maximum Gasteiger partial charge on any atom is 0.255 e. The van der Waals surface area contributed by atoms with Crippen molar-refractivity contribution >= 4 is 45.6 Å². The van der Waals surface area contributed by atoms with Crippen molar-refractivity contribution in [2.45, 2.75) is 35.8 Å². The average molecular weight is 554 g/mol. The molecule has 0 aliphatic heterocycles. The minimum absolute atomic E-state index is 0.186. The van der Waals surface area contributed by atoms with Gasteiger partial charge in [0.2, 0.25) is 5.91 Å². The molecule has 1 aliphatic carbocycles. The van der Waals surface area contributed by atoms with Crippen LogP contribution in [0.25, 0.3) is 0 Å². The molecule has 1 aromatic heterocycles. The Hall–Kier alpha value is -4.06. The van der Waals surface area contributed by atoms with Crippen LogP contribution < -0.4 is 15.4 Å². The van der Waals surface area contributed by atoms with Gasteiger partial charge in [-0.2, -0.15) is 5.26 Å². The number of thioether (sulfide) groups is 1. The number of nitriles is 1. The van der Waals surface area contributed by atoms with Crippen LogP contribution in [0.5, 0.6) is 5.75 Å². The summed E-state index contributed by atoms with van der Waals surface area (Å²) in [6.07, 6.45) is 4.02. The van der Waals surface area contributed by atoms with Crippen LogP contribution in [-0.2, 0) is 17.6 Å². The van der Waals surface area contributed by atoms with Crippen LogP contribution in [0.2, 0.25) is 0 Å². The molecule has 1 heterocycles. The lowest BCUT2D eigenvalue weighted by molar-refractivity contribution is -0.115. The van der Waals surface area contributed by atoms with Gasteiger partial charge >= 0.3 is 0 Å². The monoisotopic (exact) mass is 553 g/mol. The molecular weight excluding hydrogens is 526 g/mol. The molecule has 2 amide bonds. The Labute approximate surface area is 236 Å². The molecule has 0 fully saturated rings. The number of anilines is 2. The number of carbonyl (C=O) groups is 2. The Balaban J connectivity index is 1.36. The van der Waals surface area contributed by atoms with Gasteiger partial charge in [0.1, 0.15) is 22.1 Å². The van der Waals surface area contributed by atoms with E-state index in [4.69, 9.17) is 4.74 Å². The molecule has 3 aromatic carbocycles. The zero-order valence-corrected chi connectivity index (χ0v) is 23.0. The van der Waals surface area contributed by atoms with Crippen molar-refractivity contribution in [2.75, 3.05) is 17.7 Å². The van der Waals surface area contributed by atoms with Crippen molar-refractivity contribution < 1.29 is 14.3 Å². The highest BCUT2D eigenvalue weighted by molar-refractivity contribution is 8.00. The van der Waals surface area contributed by atoms with Crippen LogP contribution >= 0.6 is 23.1 Å². The number of methoxy groups -OCH3 is 1. The number of carbonyl (C=O) groups excluding carboxylic acids is 2. The van der Waals surface area contributed by atoms with E-state index in [0.29, 0.717) is 27.6 Å². The van der Waals surface area contributed by atoms with Crippen molar-refractivity contribution in [3.63, 3.8) is 0 Å². The van der Waals surface area contributed by atoms with Crippen LogP contribution in [0.4, 0.5) is 10.7 Å². The number of rotatable bonds is 8. The maximum absolute atomic E-state index is 13.7. The van der Waals surface area contributed by atoms with Crippen molar-refractivity contribution in [2.24, 2.45) is 0 Å². The number of aryl methyl sites for hydroxylation is 1. The van der Waals surface area contributed by atoms with Gasteiger partial charge < -0.3 is 15.4 Å². The lowest BCUT2D eigenvalue weighted by Crippen LogP contribution is -2.19. The molecule has 4 aromatic rings. The Morgan fingerprint density at radius 2 is 1.74 bits per heavy atom. The Morgan fingerprint density at radius 3 is 2.49 bits per heavy atom. The van der Waals surface area contributed by atoms with E-state index in [2.05, 4.69) is 16.7 Å². The first-order valence-corrected chi connectivity index (χ1v) is 14.4. The smallest absolute Gasteiger partial charge is 0.255 e. The number of nitrogens with zero attached hydrogens (tertiary/aromatic N) is 1. The minimum Gasteiger partial charge on any atom is -0.497 e. The number of benzene rings is 3. The molecule has 1 aliphatic rings.